The maximum atomic E-state index is 4.81. The number of likely N-dealkylation sites (tertiary alicyclic amines) is 1. The van der Waals surface area contributed by atoms with E-state index < -0.39 is 0 Å². The van der Waals surface area contributed by atoms with E-state index in [0.717, 1.165) is 41.4 Å². The highest BCUT2D eigenvalue weighted by Gasteiger charge is 2.25. The molecule has 3 rings (SSSR count). The molecular weight excluding hydrogens is 324 g/mol. The molecule has 0 unspecified atom stereocenters. The molecule has 2 aromatic rings. The topological polar surface area (TPSA) is 48.7 Å². The van der Waals surface area contributed by atoms with E-state index in [1.54, 1.807) is 0 Å². The van der Waals surface area contributed by atoms with Gasteiger partial charge in [0.1, 0.15) is 5.82 Å². The Morgan fingerprint density at radius 1 is 1.27 bits per heavy atom. The van der Waals surface area contributed by atoms with Crippen molar-refractivity contribution >= 4 is 17.7 Å². The van der Waals surface area contributed by atoms with Gasteiger partial charge >= 0.3 is 0 Å². The molecule has 0 amide bonds. The SMILES string of the molecule is CNc1c(C)c(/C(C)=C/N=CN2CC(N(C)C)C2)nn1-c1ccccc1. The van der Waals surface area contributed by atoms with E-state index >= 15 is 0 Å². The second kappa shape index (κ2) is 7.74. The van der Waals surface area contributed by atoms with Crippen molar-refractivity contribution in [1.82, 2.24) is 19.6 Å². The van der Waals surface area contributed by atoms with Gasteiger partial charge in [0.15, 0.2) is 0 Å². The van der Waals surface area contributed by atoms with Crippen LogP contribution < -0.4 is 5.32 Å². The Morgan fingerprint density at radius 2 is 1.96 bits per heavy atom. The number of nitrogens with one attached hydrogen (secondary N) is 1. The lowest BCUT2D eigenvalue weighted by Gasteiger charge is -2.41. The number of allylic oxidation sites excluding steroid dienone is 1. The third kappa shape index (κ3) is 3.65. The van der Waals surface area contributed by atoms with E-state index in [-0.39, 0.29) is 0 Å². The standard InChI is InChI=1S/C20H28N6/c1-15(11-22-14-25-12-18(13-25)24(4)5)19-16(2)20(21-3)26(23-19)17-9-7-6-8-10-17/h6-11,14,18,21H,12-13H2,1-5H3/b15-11+,22-14?. The summed E-state index contributed by atoms with van der Waals surface area (Å²) in [5.41, 5.74) is 4.18. The molecule has 2 heterocycles. The lowest BCUT2D eigenvalue weighted by Crippen LogP contribution is -2.56. The average molecular weight is 352 g/mol. The maximum Gasteiger partial charge on any atom is 0.133 e. The van der Waals surface area contributed by atoms with Crippen LogP contribution >= 0.6 is 0 Å². The smallest absolute Gasteiger partial charge is 0.133 e. The van der Waals surface area contributed by atoms with Gasteiger partial charge in [-0.2, -0.15) is 5.10 Å². The number of hydrogen-bond acceptors (Lipinski definition) is 4. The average Bonchev–Trinajstić information content (AvgIpc) is 2.93. The molecule has 1 N–H and O–H groups in total. The Morgan fingerprint density at radius 3 is 2.58 bits per heavy atom. The van der Waals surface area contributed by atoms with Crippen LogP contribution in [0, 0.1) is 6.92 Å². The zero-order chi connectivity index (χ0) is 18.7. The summed E-state index contributed by atoms with van der Waals surface area (Å²) in [5.74, 6) is 1.000. The first-order valence-electron chi connectivity index (χ1n) is 8.95. The number of anilines is 1. The van der Waals surface area contributed by atoms with Crippen molar-refractivity contribution in [3.8, 4) is 5.69 Å². The van der Waals surface area contributed by atoms with Crippen molar-refractivity contribution in [3.05, 3.63) is 47.8 Å². The first-order valence-corrected chi connectivity index (χ1v) is 8.95. The predicted molar refractivity (Wildman–Crippen MR) is 109 cm³/mol. The summed E-state index contributed by atoms with van der Waals surface area (Å²) in [6.07, 6.45) is 3.82. The number of nitrogens with zero attached hydrogens (tertiary/aromatic N) is 5. The molecule has 1 aliphatic heterocycles. The first kappa shape index (κ1) is 18.2. The van der Waals surface area contributed by atoms with Gasteiger partial charge in [-0.3, -0.25) is 0 Å². The fourth-order valence-corrected chi connectivity index (χ4v) is 3.13. The van der Waals surface area contributed by atoms with Crippen molar-refractivity contribution < 1.29 is 0 Å². The van der Waals surface area contributed by atoms with Gasteiger partial charge in [0, 0.05) is 37.9 Å². The molecule has 1 aromatic heterocycles. The number of hydrogen-bond donors (Lipinski definition) is 1. The van der Waals surface area contributed by atoms with Crippen LogP contribution in [-0.4, -0.2) is 66.2 Å². The molecule has 138 valence electrons. The van der Waals surface area contributed by atoms with Gasteiger partial charge in [0.25, 0.3) is 0 Å². The van der Waals surface area contributed by atoms with Crippen molar-refractivity contribution in [2.75, 3.05) is 39.5 Å². The van der Waals surface area contributed by atoms with Gasteiger partial charge in [-0.1, -0.05) is 18.2 Å². The van der Waals surface area contributed by atoms with E-state index in [9.17, 15) is 0 Å². The van der Waals surface area contributed by atoms with Crippen molar-refractivity contribution in [1.29, 1.82) is 0 Å². The molecule has 1 aromatic carbocycles. The van der Waals surface area contributed by atoms with Crippen LogP contribution in [0.25, 0.3) is 11.3 Å². The van der Waals surface area contributed by atoms with Crippen LogP contribution in [-0.2, 0) is 0 Å². The maximum absolute atomic E-state index is 4.81. The summed E-state index contributed by atoms with van der Waals surface area (Å²) in [6.45, 7) is 6.22. The monoisotopic (exact) mass is 352 g/mol. The lowest BCUT2D eigenvalue weighted by molar-refractivity contribution is 0.128. The van der Waals surface area contributed by atoms with Crippen LogP contribution in [0.3, 0.4) is 0 Å². The van der Waals surface area contributed by atoms with E-state index in [2.05, 4.69) is 60.2 Å². The third-order valence-corrected chi connectivity index (χ3v) is 4.85. The van der Waals surface area contributed by atoms with E-state index in [1.807, 2.05) is 42.5 Å². The molecule has 6 heteroatoms. The van der Waals surface area contributed by atoms with Crippen LogP contribution in [0.5, 0.6) is 0 Å². The second-order valence-electron chi connectivity index (χ2n) is 6.97. The molecule has 26 heavy (non-hydrogen) atoms. The van der Waals surface area contributed by atoms with Crippen LogP contribution in [0.1, 0.15) is 18.2 Å². The summed E-state index contributed by atoms with van der Waals surface area (Å²) in [5, 5.41) is 8.08. The Balaban J connectivity index is 1.77. The van der Waals surface area contributed by atoms with E-state index in [4.69, 9.17) is 5.10 Å². The fourth-order valence-electron chi connectivity index (χ4n) is 3.13. The summed E-state index contributed by atoms with van der Waals surface area (Å²) < 4.78 is 1.95. The Labute approximate surface area is 155 Å². The summed E-state index contributed by atoms with van der Waals surface area (Å²) in [6, 6.07) is 10.8. The lowest BCUT2D eigenvalue weighted by atomic mass is 10.1. The first-order chi connectivity index (χ1) is 12.5. The molecular formula is C20H28N6. The van der Waals surface area contributed by atoms with E-state index in [1.165, 1.54) is 0 Å². The normalized spacial score (nSPS) is 15.8. The van der Waals surface area contributed by atoms with Gasteiger partial charge in [0.05, 0.1) is 17.7 Å². The minimum atomic E-state index is 0.633. The number of aromatic nitrogens is 2. The minimum Gasteiger partial charge on any atom is -0.373 e. The van der Waals surface area contributed by atoms with Gasteiger partial charge < -0.3 is 15.1 Å². The van der Waals surface area contributed by atoms with Gasteiger partial charge in [-0.15, -0.1) is 0 Å². The number of aliphatic imine (C=N–C) groups is 1. The molecule has 0 bridgehead atoms. The Kier molecular flexibility index (Phi) is 5.42. The number of rotatable bonds is 6. The predicted octanol–water partition coefficient (Wildman–Crippen LogP) is 2.86. The van der Waals surface area contributed by atoms with Crippen LogP contribution in [0.2, 0.25) is 0 Å². The van der Waals surface area contributed by atoms with Gasteiger partial charge in [-0.25, -0.2) is 9.67 Å². The summed E-state index contributed by atoms with van der Waals surface area (Å²) in [7, 11) is 6.16. The van der Waals surface area contributed by atoms with Crippen molar-refractivity contribution in [2.24, 2.45) is 4.99 Å². The molecule has 1 saturated heterocycles. The third-order valence-electron chi connectivity index (χ3n) is 4.85. The highest BCUT2D eigenvalue weighted by molar-refractivity contribution is 5.70. The van der Waals surface area contributed by atoms with Gasteiger partial charge in [-0.05, 0) is 45.6 Å². The number of likely N-dealkylation sites (N-methyl/N-ethyl adjacent to an activating group) is 1. The van der Waals surface area contributed by atoms with E-state index in [0.29, 0.717) is 6.04 Å². The van der Waals surface area contributed by atoms with Crippen molar-refractivity contribution in [3.63, 3.8) is 0 Å². The quantitative estimate of drug-likeness (QED) is 0.641. The number of benzene rings is 1. The molecule has 0 saturated carbocycles. The van der Waals surface area contributed by atoms with Gasteiger partial charge in [0.2, 0.25) is 0 Å². The zero-order valence-electron chi connectivity index (χ0n) is 16.3. The molecule has 0 spiro atoms. The van der Waals surface area contributed by atoms with Crippen LogP contribution in [0.15, 0.2) is 41.5 Å². The number of para-hydroxylation sites is 1. The summed E-state index contributed by atoms with van der Waals surface area (Å²) >= 11 is 0. The molecule has 6 nitrogen and oxygen atoms in total. The molecule has 1 aliphatic rings. The fraction of sp³-hybridized carbons (Fsp3) is 0.400. The Bertz CT molecular complexity index is 797. The summed E-state index contributed by atoms with van der Waals surface area (Å²) in [4.78, 5) is 8.97. The second-order valence-corrected chi connectivity index (χ2v) is 6.97. The molecule has 0 atom stereocenters. The zero-order valence-corrected chi connectivity index (χ0v) is 16.3. The van der Waals surface area contributed by atoms with Crippen molar-refractivity contribution in [2.45, 2.75) is 19.9 Å². The highest BCUT2D eigenvalue weighted by atomic mass is 15.3. The molecule has 1 fully saturated rings. The van der Waals surface area contributed by atoms with Crippen LogP contribution in [0.4, 0.5) is 5.82 Å². The molecule has 0 aliphatic carbocycles. The minimum absolute atomic E-state index is 0.633. The highest BCUT2D eigenvalue weighted by Crippen LogP contribution is 2.27. The molecule has 0 radical (unpaired) electrons. The Hall–Kier alpha value is -2.60. The largest absolute Gasteiger partial charge is 0.373 e.